The minimum Gasteiger partial charge on any atom is -0.294 e. The molecule has 0 saturated heterocycles. The Bertz CT molecular complexity index is 804. The molecule has 0 radical (unpaired) electrons. The van der Waals surface area contributed by atoms with E-state index in [9.17, 15) is 9.59 Å². The molecule has 24 heavy (non-hydrogen) atoms. The average Bonchev–Trinajstić information content (AvgIpc) is 3.33. The third-order valence-corrected chi connectivity index (χ3v) is 9.23. The summed E-state index contributed by atoms with van der Waals surface area (Å²) >= 11 is 3.53. The van der Waals surface area contributed by atoms with Gasteiger partial charge in [-0.25, -0.2) is 0 Å². The van der Waals surface area contributed by atoms with E-state index >= 15 is 0 Å². The Morgan fingerprint density at radius 3 is 1.54 bits per heavy atom. The molecule has 4 heteroatoms. The van der Waals surface area contributed by atoms with Gasteiger partial charge in [-0.1, -0.05) is 0 Å². The highest BCUT2D eigenvalue weighted by Gasteiger charge is 2.53. The van der Waals surface area contributed by atoms with Gasteiger partial charge in [0.25, 0.3) is 0 Å². The van der Waals surface area contributed by atoms with Crippen molar-refractivity contribution in [2.75, 3.05) is 0 Å². The minimum atomic E-state index is 0.227. The van der Waals surface area contributed by atoms with Crippen molar-refractivity contribution >= 4 is 34.2 Å². The van der Waals surface area contributed by atoms with Crippen LogP contribution >= 0.6 is 22.7 Å². The van der Waals surface area contributed by atoms with Gasteiger partial charge in [-0.05, 0) is 60.4 Å². The maximum atomic E-state index is 12.8. The summed E-state index contributed by atoms with van der Waals surface area (Å²) in [6.07, 6.45) is 4.35. The Labute approximate surface area is 148 Å². The number of carbonyl (C=O) groups is 2. The van der Waals surface area contributed by atoms with E-state index in [1.54, 1.807) is 22.7 Å². The molecule has 2 nitrogen and oxygen atoms in total. The predicted octanol–water partition coefficient (Wildman–Crippen LogP) is 5.12. The lowest BCUT2D eigenvalue weighted by Gasteiger charge is -2.44. The molecule has 0 aromatic carbocycles. The van der Waals surface area contributed by atoms with Crippen LogP contribution in [0, 0.1) is 23.7 Å². The van der Waals surface area contributed by atoms with E-state index in [0.717, 1.165) is 36.8 Å². The number of hydrogen-bond donors (Lipinski definition) is 0. The van der Waals surface area contributed by atoms with E-state index in [0.29, 0.717) is 35.2 Å². The lowest BCUT2D eigenvalue weighted by molar-refractivity contribution is 0.0567. The van der Waals surface area contributed by atoms with Gasteiger partial charge in [-0.2, -0.15) is 0 Å². The number of Topliss-reactive ketones (excluding diaryl/α,β-unsaturated/α-hetero) is 2. The fraction of sp³-hybridized carbons (Fsp3) is 0.500. The SMILES string of the molecule is O=C1c2ccsc2C2CC3CC4C(=O)c5ccsc5C4CC3CC12. The first-order chi connectivity index (χ1) is 11.7. The molecule has 6 rings (SSSR count). The fourth-order valence-corrected chi connectivity index (χ4v) is 8.27. The van der Waals surface area contributed by atoms with Crippen LogP contribution in [0.3, 0.4) is 0 Å². The first kappa shape index (κ1) is 14.0. The zero-order chi connectivity index (χ0) is 16.0. The first-order valence-corrected chi connectivity index (χ1v) is 10.7. The lowest BCUT2D eigenvalue weighted by atomic mass is 9.59. The first-order valence-electron chi connectivity index (χ1n) is 8.95. The molecule has 0 spiro atoms. The molecule has 2 aromatic rings. The van der Waals surface area contributed by atoms with Crippen LogP contribution in [0.25, 0.3) is 0 Å². The third kappa shape index (κ3) is 1.62. The van der Waals surface area contributed by atoms with E-state index in [-0.39, 0.29) is 11.8 Å². The van der Waals surface area contributed by atoms with Gasteiger partial charge >= 0.3 is 0 Å². The van der Waals surface area contributed by atoms with Crippen molar-refractivity contribution in [2.45, 2.75) is 37.5 Å². The van der Waals surface area contributed by atoms with Crippen molar-refractivity contribution in [3.05, 3.63) is 43.8 Å². The normalized spacial score (nSPS) is 39.2. The van der Waals surface area contributed by atoms with Crippen LogP contribution in [0.15, 0.2) is 22.9 Å². The van der Waals surface area contributed by atoms with Gasteiger partial charge in [0.05, 0.1) is 0 Å². The zero-order valence-corrected chi connectivity index (χ0v) is 14.9. The van der Waals surface area contributed by atoms with Crippen molar-refractivity contribution in [1.29, 1.82) is 0 Å². The molecule has 4 aliphatic carbocycles. The van der Waals surface area contributed by atoms with Crippen LogP contribution in [-0.4, -0.2) is 11.6 Å². The van der Waals surface area contributed by atoms with Gasteiger partial charge in [-0.15, -0.1) is 22.7 Å². The molecule has 0 aliphatic heterocycles. The maximum absolute atomic E-state index is 12.8. The van der Waals surface area contributed by atoms with E-state index in [1.165, 1.54) is 9.75 Å². The van der Waals surface area contributed by atoms with Crippen molar-refractivity contribution in [2.24, 2.45) is 23.7 Å². The molecule has 6 atom stereocenters. The predicted molar refractivity (Wildman–Crippen MR) is 95.2 cm³/mol. The van der Waals surface area contributed by atoms with Gasteiger partial charge < -0.3 is 0 Å². The van der Waals surface area contributed by atoms with Crippen molar-refractivity contribution < 1.29 is 9.59 Å². The van der Waals surface area contributed by atoms with E-state index in [1.807, 2.05) is 12.1 Å². The van der Waals surface area contributed by atoms with E-state index < -0.39 is 0 Å². The van der Waals surface area contributed by atoms with Crippen molar-refractivity contribution in [3.63, 3.8) is 0 Å². The maximum Gasteiger partial charge on any atom is 0.167 e. The standard InChI is InChI=1S/C20H18O2S2/c21-17-11-1-3-23-19(11)15-7-10-6-14-16(8-9(10)5-13(15)17)20-12(18(14)22)2-4-24-20/h1-4,9-10,13-16H,5-8H2. The lowest BCUT2D eigenvalue weighted by Crippen LogP contribution is -2.38. The second-order valence-corrected chi connectivity index (χ2v) is 9.91. The van der Waals surface area contributed by atoms with Crippen molar-refractivity contribution in [1.82, 2.24) is 0 Å². The smallest absolute Gasteiger partial charge is 0.167 e. The Balaban J connectivity index is 1.34. The number of rotatable bonds is 0. The minimum absolute atomic E-state index is 0.227. The van der Waals surface area contributed by atoms with Crippen LogP contribution in [0.2, 0.25) is 0 Å². The molecule has 122 valence electrons. The third-order valence-electron chi connectivity index (χ3n) is 7.13. The summed E-state index contributed by atoms with van der Waals surface area (Å²) in [4.78, 5) is 28.2. The highest BCUT2D eigenvalue weighted by atomic mass is 32.1. The Morgan fingerprint density at radius 1 is 0.667 bits per heavy atom. The van der Waals surface area contributed by atoms with E-state index in [2.05, 4.69) is 10.8 Å². The van der Waals surface area contributed by atoms with Crippen LogP contribution in [0.4, 0.5) is 0 Å². The molecule has 2 aromatic heterocycles. The second-order valence-electron chi connectivity index (χ2n) is 8.01. The van der Waals surface area contributed by atoms with Gasteiger partial charge in [-0.3, -0.25) is 9.59 Å². The molecule has 2 fully saturated rings. The highest BCUT2D eigenvalue weighted by Crippen LogP contribution is 2.60. The Kier molecular flexibility index (Phi) is 2.72. The Morgan fingerprint density at radius 2 is 1.08 bits per heavy atom. The summed E-state index contributed by atoms with van der Waals surface area (Å²) in [7, 11) is 0. The second kappa shape index (κ2) is 4.67. The summed E-state index contributed by atoms with van der Waals surface area (Å²) in [6, 6.07) is 4.06. The monoisotopic (exact) mass is 354 g/mol. The average molecular weight is 354 g/mol. The summed E-state index contributed by atoms with van der Waals surface area (Å²) in [5, 5.41) is 4.14. The largest absolute Gasteiger partial charge is 0.294 e. The highest BCUT2D eigenvalue weighted by molar-refractivity contribution is 7.10. The van der Waals surface area contributed by atoms with Crippen LogP contribution < -0.4 is 0 Å². The molecule has 0 bridgehead atoms. The van der Waals surface area contributed by atoms with Gasteiger partial charge in [0.1, 0.15) is 0 Å². The number of hydrogen-bond acceptors (Lipinski definition) is 4. The number of carbonyl (C=O) groups excluding carboxylic acids is 2. The number of thiophene rings is 2. The molecular weight excluding hydrogens is 336 g/mol. The Hall–Kier alpha value is -1.26. The topological polar surface area (TPSA) is 34.1 Å². The number of ketones is 2. The summed E-state index contributed by atoms with van der Waals surface area (Å²) in [5.41, 5.74) is 2.01. The van der Waals surface area contributed by atoms with Crippen LogP contribution in [-0.2, 0) is 0 Å². The summed E-state index contributed by atoms with van der Waals surface area (Å²) in [5.74, 6) is 3.40. The molecule has 4 aliphatic rings. The molecule has 6 unspecified atom stereocenters. The summed E-state index contributed by atoms with van der Waals surface area (Å²) in [6.45, 7) is 0. The zero-order valence-electron chi connectivity index (χ0n) is 13.2. The molecule has 0 amide bonds. The van der Waals surface area contributed by atoms with Crippen LogP contribution in [0.1, 0.15) is 68.0 Å². The van der Waals surface area contributed by atoms with Crippen molar-refractivity contribution in [3.8, 4) is 0 Å². The van der Waals surface area contributed by atoms with E-state index in [4.69, 9.17) is 0 Å². The summed E-state index contributed by atoms with van der Waals surface area (Å²) < 4.78 is 0. The van der Waals surface area contributed by atoms with Crippen LogP contribution in [0.5, 0.6) is 0 Å². The van der Waals surface area contributed by atoms with Gasteiger partial charge in [0, 0.05) is 44.6 Å². The van der Waals surface area contributed by atoms with Gasteiger partial charge in [0.15, 0.2) is 11.6 Å². The number of fused-ring (bicyclic) bond motifs is 7. The molecule has 0 N–H and O–H groups in total. The molecule has 2 saturated carbocycles. The quantitative estimate of drug-likeness (QED) is 0.658. The fourth-order valence-electron chi connectivity index (χ4n) is 6.11. The molecule has 2 heterocycles. The van der Waals surface area contributed by atoms with Gasteiger partial charge in [0.2, 0.25) is 0 Å². The molecular formula is C20H18O2S2.